The highest BCUT2D eigenvalue weighted by Gasteiger charge is 2.30. The number of rotatable bonds is 9. The van der Waals surface area contributed by atoms with Gasteiger partial charge in [0.1, 0.15) is 16.7 Å². The molecular formula is C22H20ClN3O6S. The van der Waals surface area contributed by atoms with E-state index in [4.69, 9.17) is 16.3 Å². The molecular weight excluding hydrogens is 470 g/mol. The number of carbonyl (C=O) groups excluding carboxylic acids is 1. The zero-order valence-electron chi connectivity index (χ0n) is 17.4. The van der Waals surface area contributed by atoms with Gasteiger partial charge >= 0.3 is 0 Å². The van der Waals surface area contributed by atoms with Crippen molar-refractivity contribution < 1.29 is 22.9 Å². The summed E-state index contributed by atoms with van der Waals surface area (Å²) in [7, 11) is -3.10. The SMILES string of the molecule is COc1cc([N+](=O)[O-])ccc1S(=O)(=O)N[C@@H](C(=O)NCc1ccc(Cl)cc1)c1ccccc1. The molecule has 0 saturated heterocycles. The Morgan fingerprint density at radius 3 is 2.36 bits per heavy atom. The van der Waals surface area contributed by atoms with Gasteiger partial charge < -0.3 is 10.1 Å². The van der Waals surface area contributed by atoms with Crippen LogP contribution in [0.25, 0.3) is 0 Å². The lowest BCUT2D eigenvalue weighted by molar-refractivity contribution is -0.385. The van der Waals surface area contributed by atoms with Crippen molar-refractivity contribution >= 4 is 33.2 Å². The van der Waals surface area contributed by atoms with Crippen LogP contribution < -0.4 is 14.8 Å². The summed E-state index contributed by atoms with van der Waals surface area (Å²) in [6.45, 7) is 0.155. The van der Waals surface area contributed by atoms with Crippen LogP contribution in [0.5, 0.6) is 5.75 Å². The molecule has 0 fully saturated rings. The molecule has 0 aromatic heterocycles. The molecule has 1 amide bonds. The van der Waals surface area contributed by atoms with Gasteiger partial charge in [0, 0.05) is 17.6 Å². The number of sulfonamides is 1. The van der Waals surface area contributed by atoms with Gasteiger partial charge in [-0.05, 0) is 29.3 Å². The Hall–Kier alpha value is -3.47. The van der Waals surface area contributed by atoms with Gasteiger partial charge in [0.2, 0.25) is 15.9 Å². The Bertz CT molecular complexity index is 1250. The summed E-state index contributed by atoms with van der Waals surface area (Å²) < 4.78 is 33.7. The molecule has 33 heavy (non-hydrogen) atoms. The van der Waals surface area contributed by atoms with Gasteiger partial charge in [0.15, 0.2) is 0 Å². The van der Waals surface area contributed by atoms with E-state index in [1.165, 1.54) is 7.11 Å². The van der Waals surface area contributed by atoms with Gasteiger partial charge in [-0.2, -0.15) is 4.72 Å². The summed E-state index contributed by atoms with van der Waals surface area (Å²) in [5, 5.41) is 14.3. The highest BCUT2D eigenvalue weighted by molar-refractivity contribution is 7.89. The van der Waals surface area contributed by atoms with E-state index in [0.29, 0.717) is 10.6 Å². The molecule has 0 spiro atoms. The number of hydrogen-bond acceptors (Lipinski definition) is 6. The molecule has 0 aliphatic heterocycles. The van der Waals surface area contributed by atoms with Gasteiger partial charge in [-0.15, -0.1) is 0 Å². The van der Waals surface area contributed by atoms with E-state index >= 15 is 0 Å². The van der Waals surface area contributed by atoms with Crippen molar-refractivity contribution in [3.63, 3.8) is 0 Å². The number of nitro benzene ring substituents is 1. The summed E-state index contributed by atoms with van der Waals surface area (Å²) in [5.41, 5.74) is 0.862. The Morgan fingerprint density at radius 2 is 1.76 bits per heavy atom. The minimum atomic E-state index is -4.30. The van der Waals surface area contributed by atoms with Crippen molar-refractivity contribution in [1.29, 1.82) is 0 Å². The first-order valence-electron chi connectivity index (χ1n) is 9.63. The predicted molar refractivity (Wildman–Crippen MR) is 122 cm³/mol. The molecule has 0 bridgehead atoms. The minimum absolute atomic E-state index is 0.155. The van der Waals surface area contributed by atoms with Gasteiger partial charge in [-0.25, -0.2) is 8.42 Å². The van der Waals surface area contributed by atoms with Gasteiger partial charge in [0.05, 0.1) is 18.1 Å². The molecule has 172 valence electrons. The van der Waals surface area contributed by atoms with Crippen molar-refractivity contribution in [1.82, 2.24) is 10.0 Å². The Kier molecular flexibility index (Phi) is 7.64. The second-order valence-electron chi connectivity index (χ2n) is 6.90. The summed E-state index contributed by atoms with van der Waals surface area (Å²) in [6.07, 6.45) is 0. The van der Waals surface area contributed by atoms with E-state index in [1.807, 2.05) is 0 Å². The number of carbonyl (C=O) groups is 1. The molecule has 3 aromatic carbocycles. The Morgan fingerprint density at radius 1 is 1.09 bits per heavy atom. The lowest BCUT2D eigenvalue weighted by Gasteiger charge is -2.20. The molecule has 0 aliphatic rings. The smallest absolute Gasteiger partial charge is 0.273 e. The fourth-order valence-corrected chi connectivity index (χ4v) is 4.48. The lowest BCUT2D eigenvalue weighted by atomic mass is 10.1. The van der Waals surface area contributed by atoms with Crippen molar-refractivity contribution in [2.45, 2.75) is 17.5 Å². The van der Waals surface area contributed by atoms with Crippen LogP contribution in [0.1, 0.15) is 17.2 Å². The Balaban J connectivity index is 1.89. The number of amides is 1. The fraction of sp³-hybridized carbons (Fsp3) is 0.136. The number of nitrogens with one attached hydrogen (secondary N) is 2. The van der Waals surface area contributed by atoms with Gasteiger partial charge in [-0.1, -0.05) is 54.1 Å². The first-order chi connectivity index (χ1) is 15.7. The van der Waals surface area contributed by atoms with Gasteiger partial charge in [-0.3, -0.25) is 14.9 Å². The van der Waals surface area contributed by atoms with Crippen molar-refractivity contribution in [2.24, 2.45) is 0 Å². The largest absolute Gasteiger partial charge is 0.495 e. The normalized spacial score (nSPS) is 12.1. The fourth-order valence-electron chi connectivity index (χ4n) is 3.02. The average Bonchev–Trinajstić information content (AvgIpc) is 2.82. The molecule has 0 unspecified atom stereocenters. The summed E-state index contributed by atoms with van der Waals surface area (Å²) in [6, 6.07) is 17.0. The summed E-state index contributed by atoms with van der Waals surface area (Å²) >= 11 is 5.88. The van der Waals surface area contributed by atoms with Crippen LogP contribution in [0.2, 0.25) is 5.02 Å². The van der Waals surface area contributed by atoms with Crippen LogP contribution >= 0.6 is 11.6 Å². The number of benzene rings is 3. The third kappa shape index (κ3) is 6.07. The van der Waals surface area contributed by atoms with E-state index in [-0.39, 0.29) is 22.9 Å². The molecule has 0 aliphatic carbocycles. The number of hydrogen-bond donors (Lipinski definition) is 2. The van der Waals surface area contributed by atoms with Crippen molar-refractivity contribution in [3.05, 3.63) is 99.1 Å². The zero-order chi connectivity index (χ0) is 24.0. The van der Waals surface area contributed by atoms with E-state index < -0.39 is 26.9 Å². The first-order valence-corrected chi connectivity index (χ1v) is 11.5. The molecule has 1 atom stereocenters. The van der Waals surface area contributed by atoms with E-state index in [1.54, 1.807) is 54.6 Å². The van der Waals surface area contributed by atoms with Crippen molar-refractivity contribution in [3.8, 4) is 5.75 Å². The molecule has 3 rings (SSSR count). The number of methoxy groups -OCH3 is 1. The van der Waals surface area contributed by atoms with Gasteiger partial charge in [0.25, 0.3) is 5.69 Å². The third-order valence-corrected chi connectivity index (χ3v) is 6.41. The monoisotopic (exact) mass is 489 g/mol. The highest BCUT2D eigenvalue weighted by Crippen LogP contribution is 2.29. The minimum Gasteiger partial charge on any atom is -0.495 e. The maximum absolute atomic E-state index is 13.1. The molecule has 0 radical (unpaired) electrons. The second kappa shape index (κ2) is 10.4. The number of nitrogens with zero attached hydrogens (tertiary/aromatic N) is 1. The molecule has 2 N–H and O–H groups in total. The zero-order valence-corrected chi connectivity index (χ0v) is 19.0. The summed E-state index contributed by atoms with van der Waals surface area (Å²) in [5.74, 6) is -0.800. The van der Waals surface area contributed by atoms with Crippen LogP contribution in [0.4, 0.5) is 5.69 Å². The number of non-ortho nitro benzene ring substituents is 1. The predicted octanol–water partition coefficient (Wildman–Crippen LogP) is 3.59. The first kappa shape index (κ1) is 24.2. The van der Waals surface area contributed by atoms with Crippen LogP contribution in [0.15, 0.2) is 77.7 Å². The van der Waals surface area contributed by atoms with E-state index in [9.17, 15) is 23.3 Å². The maximum Gasteiger partial charge on any atom is 0.273 e. The molecule has 0 heterocycles. The van der Waals surface area contributed by atoms with Crippen LogP contribution in [0.3, 0.4) is 0 Å². The quantitative estimate of drug-likeness (QED) is 0.349. The summed E-state index contributed by atoms with van der Waals surface area (Å²) in [4.78, 5) is 23.0. The maximum atomic E-state index is 13.1. The number of halogens is 1. The highest BCUT2D eigenvalue weighted by atomic mass is 35.5. The molecule has 0 saturated carbocycles. The second-order valence-corrected chi connectivity index (χ2v) is 9.02. The van der Waals surface area contributed by atoms with E-state index in [0.717, 1.165) is 23.8 Å². The standard InChI is InChI=1S/C22H20ClN3O6S/c1-32-19-13-18(26(28)29)11-12-20(19)33(30,31)25-21(16-5-3-2-4-6-16)22(27)24-14-15-7-9-17(23)10-8-15/h2-13,21,25H,14H2,1H3,(H,24,27)/t21-/m1/s1. The van der Waals surface area contributed by atoms with Crippen LogP contribution in [-0.2, 0) is 21.4 Å². The topological polar surface area (TPSA) is 128 Å². The number of ether oxygens (including phenoxy) is 1. The molecule has 11 heteroatoms. The lowest BCUT2D eigenvalue weighted by Crippen LogP contribution is -2.40. The van der Waals surface area contributed by atoms with Crippen molar-refractivity contribution in [2.75, 3.05) is 7.11 Å². The number of nitro groups is 1. The molecule has 9 nitrogen and oxygen atoms in total. The molecule has 3 aromatic rings. The van der Waals surface area contributed by atoms with Crippen LogP contribution in [-0.4, -0.2) is 26.4 Å². The van der Waals surface area contributed by atoms with E-state index in [2.05, 4.69) is 10.0 Å². The average molecular weight is 490 g/mol. The van der Waals surface area contributed by atoms with Crippen LogP contribution in [0, 0.1) is 10.1 Å². The Labute approximate surface area is 195 Å². The third-order valence-electron chi connectivity index (χ3n) is 4.70.